The lowest BCUT2D eigenvalue weighted by atomic mass is 10.0. The van der Waals surface area contributed by atoms with E-state index in [2.05, 4.69) is 40.0 Å². The zero-order valence-corrected chi connectivity index (χ0v) is 13.0. The predicted molar refractivity (Wildman–Crippen MR) is 88.1 cm³/mol. The van der Waals surface area contributed by atoms with Crippen LogP contribution in [0.15, 0.2) is 54.9 Å². The molecule has 0 atom stereocenters. The minimum Gasteiger partial charge on any atom is -0.351 e. The highest BCUT2D eigenvalue weighted by molar-refractivity contribution is 5.73. The molecule has 1 aromatic carbocycles. The molecule has 0 aliphatic carbocycles. The van der Waals surface area contributed by atoms with Gasteiger partial charge in [-0.25, -0.2) is 4.85 Å². The highest BCUT2D eigenvalue weighted by atomic mass is 15.0. The van der Waals surface area contributed by atoms with Crippen molar-refractivity contribution in [1.29, 1.82) is 0 Å². The number of hydrogen-bond acceptors (Lipinski definition) is 0. The Morgan fingerprint density at radius 1 is 1.09 bits per heavy atom. The predicted octanol–water partition coefficient (Wildman–Crippen LogP) is 4.14. The van der Waals surface area contributed by atoms with Crippen LogP contribution in [0.2, 0.25) is 0 Å². The lowest BCUT2D eigenvalue weighted by Crippen LogP contribution is -2.34. The number of rotatable bonds is 2. The molecule has 3 aromatic rings. The van der Waals surface area contributed by atoms with E-state index in [0.29, 0.717) is 5.69 Å². The van der Waals surface area contributed by atoms with Crippen molar-refractivity contribution in [3.63, 3.8) is 0 Å². The molecule has 0 amide bonds. The minimum atomic E-state index is 0.660. The molecular weight excluding hydrogens is 270 g/mol. The van der Waals surface area contributed by atoms with Crippen LogP contribution < -0.4 is 4.57 Å². The second-order valence-corrected chi connectivity index (χ2v) is 5.47. The lowest BCUT2D eigenvalue weighted by Gasteiger charge is -2.11. The SMILES string of the molecule is [C-]#[N+]c1cc(-c2cccn2C)c(C)c(-[n+]2ccccc2C)c1. The summed E-state index contributed by atoms with van der Waals surface area (Å²) >= 11 is 0. The van der Waals surface area contributed by atoms with Crippen molar-refractivity contribution < 1.29 is 4.57 Å². The maximum Gasteiger partial charge on any atom is 0.204 e. The first-order valence-corrected chi connectivity index (χ1v) is 7.23. The molecule has 0 bridgehead atoms. The van der Waals surface area contributed by atoms with E-state index in [4.69, 9.17) is 6.57 Å². The Balaban J connectivity index is 2.31. The smallest absolute Gasteiger partial charge is 0.204 e. The zero-order valence-electron chi connectivity index (χ0n) is 13.0. The van der Waals surface area contributed by atoms with Crippen LogP contribution in [0.4, 0.5) is 5.69 Å². The molecule has 0 aliphatic heterocycles. The molecule has 3 rings (SSSR count). The van der Waals surface area contributed by atoms with Crippen molar-refractivity contribution in [2.75, 3.05) is 0 Å². The van der Waals surface area contributed by atoms with Gasteiger partial charge in [0.15, 0.2) is 17.6 Å². The molecule has 0 radical (unpaired) electrons. The monoisotopic (exact) mass is 288 g/mol. The van der Waals surface area contributed by atoms with Crippen LogP contribution in [0.3, 0.4) is 0 Å². The maximum absolute atomic E-state index is 7.41. The maximum atomic E-state index is 7.41. The summed E-state index contributed by atoms with van der Waals surface area (Å²) in [6, 6.07) is 14.2. The van der Waals surface area contributed by atoms with E-state index >= 15 is 0 Å². The van der Waals surface area contributed by atoms with Gasteiger partial charge in [-0.2, -0.15) is 4.57 Å². The number of nitrogens with zero attached hydrogens (tertiary/aromatic N) is 3. The molecule has 0 N–H and O–H groups in total. The van der Waals surface area contributed by atoms with Crippen molar-refractivity contribution in [1.82, 2.24) is 4.57 Å². The first-order valence-electron chi connectivity index (χ1n) is 7.23. The van der Waals surface area contributed by atoms with E-state index in [9.17, 15) is 0 Å². The average Bonchev–Trinajstić information content (AvgIpc) is 2.94. The van der Waals surface area contributed by atoms with Crippen molar-refractivity contribution in [3.05, 3.63) is 77.5 Å². The third kappa shape index (κ3) is 2.29. The summed E-state index contributed by atoms with van der Waals surface area (Å²) < 4.78 is 4.22. The average molecular weight is 288 g/mol. The van der Waals surface area contributed by atoms with Gasteiger partial charge in [-0.05, 0) is 30.7 Å². The number of aryl methyl sites for hydroxylation is 2. The van der Waals surface area contributed by atoms with Crippen molar-refractivity contribution in [3.8, 4) is 16.9 Å². The van der Waals surface area contributed by atoms with Crippen LogP contribution >= 0.6 is 0 Å². The Bertz CT molecular complexity index is 882. The topological polar surface area (TPSA) is 13.2 Å². The highest BCUT2D eigenvalue weighted by Gasteiger charge is 2.18. The highest BCUT2D eigenvalue weighted by Crippen LogP contribution is 2.31. The summed E-state index contributed by atoms with van der Waals surface area (Å²) in [5.74, 6) is 0. The van der Waals surface area contributed by atoms with E-state index < -0.39 is 0 Å². The normalized spacial score (nSPS) is 10.5. The van der Waals surface area contributed by atoms with E-state index in [-0.39, 0.29) is 0 Å². The van der Waals surface area contributed by atoms with Crippen LogP contribution in [0.25, 0.3) is 21.8 Å². The van der Waals surface area contributed by atoms with Gasteiger partial charge in [0, 0.05) is 49.6 Å². The van der Waals surface area contributed by atoms with E-state index in [1.165, 1.54) is 5.56 Å². The molecule has 0 unspecified atom stereocenters. The first kappa shape index (κ1) is 14.1. The Morgan fingerprint density at radius 3 is 2.55 bits per heavy atom. The zero-order chi connectivity index (χ0) is 15.7. The van der Waals surface area contributed by atoms with Crippen LogP contribution in [0.1, 0.15) is 11.3 Å². The first-order chi connectivity index (χ1) is 10.6. The van der Waals surface area contributed by atoms with Gasteiger partial charge >= 0.3 is 0 Å². The van der Waals surface area contributed by atoms with E-state index in [0.717, 1.165) is 22.6 Å². The van der Waals surface area contributed by atoms with Gasteiger partial charge in [-0.3, -0.25) is 0 Å². The van der Waals surface area contributed by atoms with Crippen LogP contribution in [-0.4, -0.2) is 4.57 Å². The fraction of sp³-hybridized carbons (Fsp3) is 0.158. The van der Waals surface area contributed by atoms with E-state index in [1.54, 1.807) is 0 Å². The summed E-state index contributed by atoms with van der Waals surface area (Å²) in [5, 5.41) is 0. The molecule has 2 heterocycles. The summed E-state index contributed by atoms with van der Waals surface area (Å²) in [5.41, 5.74) is 6.26. The van der Waals surface area contributed by atoms with Crippen LogP contribution in [0, 0.1) is 20.4 Å². The number of benzene rings is 1. The fourth-order valence-corrected chi connectivity index (χ4v) is 2.80. The molecule has 0 saturated heterocycles. The number of aromatic nitrogens is 2. The van der Waals surface area contributed by atoms with Gasteiger partial charge in [-0.15, -0.1) is 0 Å². The Hall–Kier alpha value is -2.86. The summed E-state index contributed by atoms with van der Waals surface area (Å²) in [4.78, 5) is 3.66. The van der Waals surface area contributed by atoms with Crippen molar-refractivity contribution in [2.24, 2.45) is 7.05 Å². The van der Waals surface area contributed by atoms with Crippen LogP contribution in [-0.2, 0) is 7.05 Å². The second kappa shape index (κ2) is 5.50. The molecule has 22 heavy (non-hydrogen) atoms. The summed E-state index contributed by atoms with van der Waals surface area (Å²) in [6.07, 6.45) is 4.07. The molecule has 3 nitrogen and oxygen atoms in total. The van der Waals surface area contributed by atoms with Crippen LogP contribution in [0.5, 0.6) is 0 Å². The van der Waals surface area contributed by atoms with Gasteiger partial charge < -0.3 is 4.57 Å². The fourth-order valence-electron chi connectivity index (χ4n) is 2.80. The van der Waals surface area contributed by atoms with Crippen molar-refractivity contribution in [2.45, 2.75) is 13.8 Å². The standard InChI is InChI=1S/C19H18N3/c1-14-8-5-6-11-22(14)19-13-16(20-3)12-17(15(19)2)18-9-7-10-21(18)4/h5-13H,1-2,4H3/q+1. The molecule has 108 valence electrons. The molecule has 0 saturated carbocycles. The number of pyridine rings is 1. The third-order valence-corrected chi connectivity index (χ3v) is 4.04. The summed E-state index contributed by atoms with van der Waals surface area (Å²) in [6.45, 7) is 11.6. The second-order valence-electron chi connectivity index (χ2n) is 5.47. The van der Waals surface area contributed by atoms with Crippen molar-refractivity contribution >= 4 is 5.69 Å². The summed E-state index contributed by atoms with van der Waals surface area (Å²) in [7, 11) is 2.03. The van der Waals surface area contributed by atoms with Gasteiger partial charge in [0.25, 0.3) is 0 Å². The molecule has 0 fully saturated rings. The minimum absolute atomic E-state index is 0.660. The Kier molecular flexibility index (Phi) is 3.52. The quantitative estimate of drug-likeness (QED) is 0.497. The lowest BCUT2D eigenvalue weighted by molar-refractivity contribution is -0.603. The molecule has 2 aromatic heterocycles. The molecular formula is C19H18N3+. The third-order valence-electron chi connectivity index (χ3n) is 4.04. The Labute approximate surface area is 130 Å². The molecule has 0 spiro atoms. The van der Waals surface area contributed by atoms with Gasteiger partial charge in [0.1, 0.15) is 0 Å². The van der Waals surface area contributed by atoms with Gasteiger partial charge in [0.2, 0.25) is 5.69 Å². The molecule has 3 heteroatoms. The van der Waals surface area contributed by atoms with Gasteiger partial charge in [-0.1, -0.05) is 6.07 Å². The Morgan fingerprint density at radius 2 is 1.91 bits per heavy atom. The molecule has 0 aliphatic rings. The number of hydrogen-bond donors (Lipinski definition) is 0. The van der Waals surface area contributed by atoms with E-state index in [1.807, 2.05) is 49.8 Å². The van der Waals surface area contributed by atoms with Gasteiger partial charge in [0.05, 0.1) is 6.57 Å². The largest absolute Gasteiger partial charge is 0.351 e.